The van der Waals surface area contributed by atoms with Crippen LogP contribution in [0, 0.1) is 5.92 Å². The van der Waals surface area contributed by atoms with E-state index in [1.807, 2.05) is 7.05 Å². The molecular weight excluding hydrogens is 312 g/mol. The molecule has 0 amide bonds. The summed E-state index contributed by atoms with van der Waals surface area (Å²) in [5.41, 5.74) is 0. The van der Waals surface area contributed by atoms with Crippen LogP contribution in [0.5, 0.6) is 0 Å². The van der Waals surface area contributed by atoms with Crippen molar-refractivity contribution in [1.29, 1.82) is 0 Å². The number of aromatic nitrogens is 2. The standard InChI is InChI=1S/C15H26N6OS/c1-3-13-18-15(23-19-13)21-7-5-20(6-8-21)14(16-2)17-10-12-4-9-22-11-12/h12H,3-11H2,1-2H3,(H,16,17). The number of piperazine rings is 1. The highest BCUT2D eigenvalue weighted by Gasteiger charge is 2.23. The van der Waals surface area contributed by atoms with Gasteiger partial charge in [-0.15, -0.1) is 0 Å². The number of aliphatic imine (C=N–C) groups is 1. The minimum atomic E-state index is 0.613. The molecule has 3 heterocycles. The van der Waals surface area contributed by atoms with Gasteiger partial charge in [-0.25, -0.2) is 4.98 Å². The number of anilines is 1. The molecule has 0 spiro atoms. The number of nitrogens with zero attached hydrogens (tertiary/aromatic N) is 5. The van der Waals surface area contributed by atoms with E-state index in [0.717, 1.165) is 75.7 Å². The van der Waals surface area contributed by atoms with E-state index in [9.17, 15) is 0 Å². The molecule has 1 aromatic heterocycles. The van der Waals surface area contributed by atoms with Crippen molar-refractivity contribution in [2.45, 2.75) is 19.8 Å². The van der Waals surface area contributed by atoms with Gasteiger partial charge >= 0.3 is 0 Å². The molecule has 8 heteroatoms. The molecule has 0 radical (unpaired) electrons. The number of nitrogens with one attached hydrogen (secondary N) is 1. The molecule has 2 aliphatic rings. The molecule has 23 heavy (non-hydrogen) atoms. The summed E-state index contributed by atoms with van der Waals surface area (Å²) in [6, 6.07) is 0. The normalized spacial score (nSPS) is 22.7. The van der Waals surface area contributed by atoms with Gasteiger partial charge in [0.2, 0.25) is 5.13 Å². The Morgan fingerprint density at radius 2 is 2.22 bits per heavy atom. The van der Waals surface area contributed by atoms with Crippen LogP contribution in [0.1, 0.15) is 19.2 Å². The lowest BCUT2D eigenvalue weighted by Gasteiger charge is -2.36. The van der Waals surface area contributed by atoms with Crippen molar-refractivity contribution in [3.8, 4) is 0 Å². The van der Waals surface area contributed by atoms with E-state index in [0.29, 0.717) is 5.92 Å². The van der Waals surface area contributed by atoms with Crippen LogP contribution in [0.2, 0.25) is 0 Å². The maximum absolute atomic E-state index is 5.43. The zero-order valence-corrected chi connectivity index (χ0v) is 14.8. The lowest BCUT2D eigenvalue weighted by atomic mass is 10.1. The summed E-state index contributed by atoms with van der Waals surface area (Å²) < 4.78 is 9.81. The minimum absolute atomic E-state index is 0.613. The topological polar surface area (TPSA) is 65.9 Å². The summed E-state index contributed by atoms with van der Waals surface area (Å²) in [5.74, 6) is 2.56. The molecule has 1 atom stereocenters. The highest BCUT2D eigenvalue weighted by Crippen LogP contribution is 2.19. The third-order valence-electron chi connectivity index (χ3n) is 4.41. The zero-order valence-electron chi connectivity index (χ0n) is 14.0. The van der Waals surface area contributed by atoms with Crippen molar-refractivity contribution in [1.82, 2.24) is 19.6 Å². The van der Waals surface area contributed by atoms with Gasteiger partial charge in [0, 0.05) is 70.2 Å². The average Bonchev–Trinajstić information content (AvgIpc) is 3.27. The number of aryl methyl sites for hydroxylation is 1. The predicted octanol–water partition coefficient (Wildman–Crippen LogP) is 0.834. The van der Waals surface area contributed by atoms with Gasteiger partial charge in [0.1, 0.15) is 5.82 Å². The SMILES string of the molecule is CCc1nsc(N2CCN(C(=NC)NCC3CCOC3)CC2)n1. The van der Waals surface area contributed by atoms with E-state index >= 15 is 0 Å². The van der Waals surface area contributed by atoms with Gasteiger partial charge in [-0.1, -0.05) is 6.92 Å². The van der Waals surface area contributed by atoms with E-state index < -0.39 is 0 Å². The second-order valence-corrected chi connectivity index (χ2v) is 6.71. The number of rotatable bonds is 4. The Kier molecular flexibility index (Phi) is 5.66. The van der Waals surface area contributed by atoms with E-state index in [2.05, 4.69) is 36.4 Å². The lowest BCUT2D eigenvalue weighted by molar-refractivity contribution is 0.186. The van der Waals surface area contributed by atoms with Crippen LogP contribution in [0.3, 0.4) is 0 Å². The molecule has 0 aliphatic carbocycles. The van der Waals surface area contributed by atoms with Gasteiger partial charge in [0.15, 0.2) is 5.96 Å². The van der Waals surface area contributed by atoms with Gasteiger partial charge in [0.25, 0.3) is 0 Å². The van der Waals surface area contributed by atoms with Crippen molar-refractivity contribution in [3.63, 3.8) is 0 Å². The summed E-state index contributed by atoms with van der Waals surface area (Å²) in [5, 5.41) is 4.55. The Bertz CT molecular complexity index is 520. The van der Waals surface area contributed by atoms with Crippen molar-refractivity contribution >= 4 is 22.6 Å². The molecule has 1 unspecified atom stereocenters. The molecule has 128 valence electrons. The quantitative estimate of drug-likeness (QED) is 0.648. The molecule has 2 saturated heterocycles. The van der Waals surface area contributed by atoms with Crippen molar-refractivity contribution < 1.29 is 4.74 Å². The minimum Gasteiger partial charge on any atom is -0.381 e. The van der Waals surface area contributed by atoms with Crippen LogP contribution in [0.25, 0.3) is 0 Å². The van der Waals surface area contributed by atoms with E-state index in [1.165, 1.54) is 11.5 Å². The first-order valence-corrected chi connectivity index (χ1v) is 9.18. The molecule has 0 saturated carbocycles. The number of guanidine groups is 1. The Labute approximate surface area is 141 Å². The van der Waals surface area contributed by atoms with Crippen LogP contribution in [-0.2, 0) is 11.2 Å². The van der Waals surface area contributed by atoms with Crippen LogP contribution in [0.4, 0.5) is 5.13 Å². The number of ether oxygens (including phenoxy) is 1. The summed E-state index contributed by atoms with van der Waals surface area (Å²) in [7, 11) is 1.86. The summed E-state index contributed by atoms with van der Waals surface area (Å²) in [4.78, 5) is 13.7. The van der Waals surface area contributed by atoms with Gasteiger partial charge in [-0.05, 0) is 6.42 Å². The fourth-order valence-electron chi connectivity index (χ4n) is 2.94. The molecule has 0 aromatic carbocycles. The smallest absolute Gasteiger partial charge is 0.205 e. The first-order valence-electron chi connectivity index (χ1n) is 8.41. The third kappa shape index (κ3) is 4.11. The molecule has 2 fully saturated rings. The number of hydrogen-bond acceptors (Lipinski definition) is 6. The maximum atomic E-state index is 5.43. The largest absolute Gasteiger partial charge is 0.381 e. The van der Waals surface area contributed by atoms with Crippen LogP contribution < -0.4 is 10.2 Å². The van der Waals surface area contributed by atoms with Gasteiger partial charge < -0.3 is 19.9 Å². The molecule has 1 aromatic rings. The maximum Gasteiger partial charge on any atom is 0.205 e. The predicted molar refractivity (Wildman–Crippen MR) is 93.4 cm³/mol. The van der Waals surface area contributed by atoms with E-state index in [4.69, 9.17) is 4.74 Å². The molecule has 7 nitrogen and oxygen atoms in total. The summed E-state index contributed by atoms with van der Waals surface area (Å²) in [6.45, 7) is 8.65. The second-order valence-electron chi connectivity index (χ2n) is 5.98. The first kappa shape index (κ1) is 16.4. The van der Waals surface area contributed by atoms with Crippen LogP contribution in [-0.4, -0.2) is 73.2 Å². The van der Waals surface area contributed by atoms with Gasteiger partial charge in [-0.3, -0.25) is 4.99 Å². The molecule has 1 N–H and O–H groups in total. The number of hydrogen-bond donors (Lipinski definition) is 1. The van der Waals surface area contributed by atoms with E-state index in [-0.39, 0.29) is 0 Å². The van der Waals surface area contributed by atoms with Crippen molar-refractivity contribution in [2.24, 2.45) is 10.9 Å². The van der Waals surface area contributed by atoms with E-state index in [1.54, 1.807) is 0 Å². The average molecular weight is 338 g/mol. The zero-order chi connectivity index (χ0) is 16.1. The van der Waals surface area contributed by atoms with Crippen LogP contribution in [0.15, 0.2) is 4.99 Å². The fraction of sp³-hybridized carbons (Fsp3) is 0.800. The second kappa shape index (κ2) is 7.92. The fourth-order valence-corrected chi connectivity index (χ4v) is 3.74. The molecular formula is C15H26N6OS. The Morgan fingerprint density at radius 1 is 1.39 bits per heavy atom. The molecule has 3 rings (SSSR count). The van der Waals surface area contributed by atoms with Crippen molar-refractivity contribution in [3.05, 3.63) is 5.82 Å². The highest BCUT2D eigenvalue weighted by molar-refractivity contribution is 7.09. The lowest BCUT2D eigenvalue weighted by Crippen LogP contribution is -2.53. The molecule has 2 aliphatic heterocycles. The molecule has 0 bridgehead atoms. The van der Waals surface area contributed by atoms with Crippen LogP contribution >= 0.6 is 11.5 Å². The first-order chi connectivity index (χ1) is 11.3. The monoisotopic (exact) mass is 338 g/mol. The van der Waals surface area contributed by atoms with Gasteiger partial charge in [-0.2, -0.15) is 4.37 Å². The van der Waals surface area contributed by atoms with Crippen molar-refractivity contribution in [2.75, 3.05) is 57.9 Å². The summed E-state index contributed by atoms with van der Waals surface area (Å²) >= 11 is 1.51. The third-order valence-corrected chi connectivity index (χ3v) is 5.22. The Hall–Kier alpha value is -1.41. The summed E-state index contributed by atoms with van der Waals surface area (Å²) in [6.07, 6.45) is 2.05. The van der Waals surface area contributed by atoms with Gasteiger partial charge in [0.05, 0.1) is 6.61 Å². The Balaban J connectivity index is 1.48. The Morgan fingerprint density at radius 3 is 2.83 bits per heavy atom. The highest BCUT2D eigenvalue weighted by atomic mass is 32.1.